The number of sulfonamides is 1. The maximum absolute atomic E-state index is 11.9. The van der Waals surface area contributed by atoms with Crippen LogP contribution in [0.4, 0.5) is 5.69 Å². The van der Waals surface area contributed by atoms with E-state index in [0.717, 1.165) is 29.5 Å². The molecule has 108 valence electrons. The summed E-state index contributed by atoms with van der Waals surface area (Å²) in [6.07, 6.45) is 1.67. The van der Waals surface area contributed by atoms with Crippen LogP contribution in [0, 0.1) is 6.92 Å². The molecule has 0 unspecified atom stereocenters. The van der Waals surface area contributed by atoms with E-state index in [1.165, 1.54) is 0 Å². The van der Waals surface area contributed by atoms with Crippen LogP contribution < -0.4 is 10.0 Å². The smallest absolute Gasteiger partial charge is 0.232 e. The molecule has 0 aromatic heterocycles. The maximum Gasteiger partial charge on any atom is 0.232 e. The number of anilines is 1. The second-order valence-corrected chi connectivity index (χ2v) is 7.13. The van der Waals surface area contributed by atoms with Crippen molar-refractivity contribution >= 4 is 31.6 Å². The van der Waals surface area contributed by atoms with E-state index in [0.29, 0.717) is 12.1 Å². The van der Waals surface area contributed by atoms with Crippen LogP contribution in [-0.4, -0.2) is 27.3 Å². The fourth-order valence-electron chi connectivity index (χ4n) is 1.63. The molecule has 19 heavy (non-hydrogen) atoms. The zero-order valence-electron chi connectivity index (χ0n) is 11.4. The van der Waals surface area contributed by atoms with Crippen LogP contribution in [0.3, 0.4) is 0 Å². The molecule has 0 amide bonds. The Hall–Kier alpha value is -0.590. The summed E-state index contributed by atoms with van der Waals surface area (Å²) < 4.78 is 27.4. The first-order valence-electron chi connectivity index (χ1n) is 6.42. The number of hydrogen-bond donors (Lipinski definition) is 2. The van der Waals surface area contributed by atoms with Gasteiger partial charge in [0.25, 0.3) is 0 Å². The number of hydrogen-bond acceptors (Lipinski definition) is 3. The van der Waals surface area contributed by atoms with Crippen LogP contribution in [0.15, 0.2) is 22.7 Å². The highest BCUT2D eigenvalue weighted by molar-refractivity contribution is 9.10. The van der Waals surface area contributed by atoms with Crippen molar-refractivity contribution in [3.8, 4) is 0 Å². The summed E-state index contributed by atoms with van der Waals surface area (Å²) >= 11 is 3.39. The molecule has 0 aliphatic rings. The van der Waals surface area contributed by atoms with Gasteiger partial charge >= 0.3 is 0 Å². The monoisotopic (exact) mass is 348 g/mol. The average molecular weight is 349 g/mol. The Morgan fingerprint density at radius 1 is 1.26 bits per heavy atom. The van der Waals surface area contributed by atoms with E-state index in [9.17, 15) is 8.42 Å². The predicted octanol–water partition coefficient (Wildman–Crippen LogP) is 2.89. The van der Waals surface area contributed by atoms with Gasteiger partial charge in [0.2, 0.25) is 10.0 Å². The Morgan fingerprint density at radius 2 is 2.00 bits per heavy atom. The van der Waals surface area contributed by atoms with Gasteiger partial charge in [0.05, 0.1) is 11.4 Å². The van der Waals surface area contributed by atoms with Gasteiger partial charge in [-0.1, -0.05) is 28.9 Å². The first kappa shape index (κ1) is 16.5. The summed E-state index contributed by atoms with van der Waals surface area (Å²) in [5, 5.41) is 3.19. The van der Waals surface area contributed by atoms with Gasteiger partial charge in [-0.2, -0.15) is 0 Å². The van der Waals surface area contributed by atoms with Crippen LogP contribution in [0.1, 0.15) is 25.3 Å². The van der Waals surface area contributed by atoms with Gasteiger partial charge in [-0.3, -0.25) is 4.72 Å². The molecule has 0 aliphatic heterocycles. The van der Waals surface area contributed by atoms with Gasteiger partial charge < -0.3 is 5.32 Å². The summed E-state index contributed by atoms with van der Waals surface area (Å²) in [5.74, 6) is 0.135. The van der Waals surface area contributed by atoms with E-state index < -0.39 is 10.0 Å². The van der Waals surface area contributed by atoms with Gasteiger partial charge in [-0.25, -0.2) is 8.42 Å². The average Bonchev–Trinajstić information content (AvgIpc) is 2.34. The second-order valence-electron chi connectivity index (χ2n) is 4.44. The molecule has 1 aromatic rings. The van der Waals surface area contributed by atoms with Gasteiger partial charge in [0, 0.05) is 4.47 Å². The Morgan fingerprint density at radius 3 is 2.68 bits per heavy atom. The molecule has 1 aromatic carbocycles. The van der Waals surface area contributed by atoms with Crippen LogP contribution in [0.2, 0.25) is 0 Å². The van der Waals surface area contributed by atoms with Crippen LogP contribution in [-0.2, 0) is 10.0 Å². The quantitative estimate of drug-likeness (QED) is 0.710. The van der Waals surface area contributed by atoms with Crippen LogP contribution >= 0.6 is 15.9 Å². The zero-order chi connectivity index (χ0) is 14.3. The third-order valence-corrected chi connectivity index (χ3v) is 4.94. The molecule has 0 radical (unpaired) electrons. The Kier molecular flexibility index (Phi) is 6.82. The number of halogens is 1. The largest absolute Gasteiger partial charge is 0.317 e. The molecular weight excluding hydrogens is 328 g/mol. The van der Waals surface area contributed by atoms with E-state index in [4.69, 9.17) is 0 Å². The minimum Gasteiger partial charge on any atom is -0.317 e. The van der Waals surface area contributed by atoms with E-state index in [1.54, 1.807) is 6.07 Å². The minimum absolute atomic E-state index is 0.135. The molecule has 0 bridgehead atoms. The second kappa shape index (κ2) is 7.87. The van der Waals surface area contributed by atoms with Crippen molar-refractivity contribution in [2.45, 2.75) is 26.7 Å². The highest BCUT2D eigenvalue weighted by atomic mass is 79.9. The van der Waals surface area contributed by atoms with Gasteiger partial charge in [-0.05, 0) is 50.6 Å². The van der Waals surface area contributed by atoms with Crippen molar-refractivity contribution in [1.29, 1.82) is 0 Å². The minimum atomic E-state index is -3.27. The Balaban J connectivity index is 2.52. The first-order valence-corrected chi connectivity index (χ1v) is 8.87. The fraction of sp³-hybridized carbons (Fsp3) is 0.538. The molecule has 0 saturated heterocycles. The first-order chi connectivity index (χ1) is 8.96. The van der Waals surface area contributed by atoms with Crippen molar-refractivity contribution in [2.24, 2.45) is 0 Å². The van der Waals surface area contributed by atoms with Gasteiger partial charge in [-0.15, -0.1) is 0 Å². The molecule has 1 rings (SSSR count). The molecule has 0 atom stereocenters. The van der Waals surface area contributed by atoms with Crippen LogP contribution in [0.5, 0.6) is 0 Å². The lowest BCUT2D eigenvalue weighted by Gasteiger charge is -2.11. The molecule has 0 heterocycles. The zero-order valence-corrected chi connectivity index (χ0v) is 13.8. The highest BCUT2D eigenvalue weighted by Crippen LogP contribution is 2.24. The molecule has 6 heteroatoms. The third-order valence-electron chi connectivity index (χ3n) is 2.73. The van der Waals surface area contributed by atoms with E-state index in [-0.39, 0.29) is 5.75 Å². The summed E-state index contributed by atoms with van der Waals surface area (Å²) in [7, 11) is -3.27. The van der Waals surface area contributed by atoms with Crippen molar-refractivity contribution in [3.05, 3.63) is 28.2 Å². The van der Waals surface area contributed by atoms with Crippen molar-refractivity contribution in [2.75, 3.05) is 23.6 Å². The molecule has 0 aliphatic carbocycles. The molecule has 0 saturated carbocycles. The van der Waals surface area contributed by atoms with E-state index in [1.807, 2.05) is 19.1 Å². The summed E-state index contributed by atoms with van der Waals surface area (Å²) in [6.45, 7) is 5.62. The lowest BCUT2D eigenvalue weighted by molar-refractivity contribution is 0.593. The van der Waals surface area contributed by atoms with Gasteiger partial charge in [0.1, 0.15) is 0 Å². The Labute approximate surface area is 124 Å². The van der Waals surface area contributed by atoms with Gasteiger partial charge in [0.15, 0.2) is 0 Å². The normalized spacial score (nSPS) is 11.5. The molecule has 0 spiro atoms. The fourth-order valence-corrected chi connectivity index (χ4v) is 3.17. The number of benzene rings is 1. The number of nitrogens with one attached hydrogen (secondary N) is 2. The summed E-state index contributed by atoms with van der Waals surface area (Å²) in [6, 6.07) is 5.48. The SMILES string of the molecule is CCCNCCCS(=O)(=O)Nc1cccc(Br)c1C. The van der Waals surface area contributed by atoms with Crippen molar-refractivity contribution in [1.82, 2.24) is 5.32 Å². The lowest BCUT2D eigenvalue weighted by atomic mass is 10.2. The Bertz CT molecular complexity index is 503. The molecule has 0 fully saturated rings. The highest BCUT2D eigenvalue weighted by Gasteiger charge is 2.12. The van der Waals surface area contributed by atoms with Crippen molar-refractivity contribution < 1.29 is 8.42 Å². The summed E-state index contributed by atoms with van der Waals surface area (Å²) in [5.41, 5.74) is 1.53. The number of rotatable bonds is 8. The predicted molar refractivity (Wildman–Crippen MR) is 84.1 cm³/mol. The molecule has 2 N–H and O–H groups in total. The van der Waals surface area contributed by atoms with Crippen molar-refractivity contribution in [3.63, 3.8) is 0 Å². The maximum atomic E-state index is 11.9. The molecular formula is C13H21BrN2O2S. The lowest BCUT2D eigenvalue weighted by Crippen LogP contribution is -2.22. The third kappa shape index (κ3) is 5.93. The topological polar surface area (TPSA) is 58.2 Å². The van der Waals surface area contributed by atoms with Crippen LogP contribution in [0.25, 0.3) is 0 Å². The van der Waals surface area contributed by atoms with E-state index >= 15 is 0 Å². The molecule has 4 nitrogen and oxygen atoms in total. The standard InChI is InChI=1S/C13H21BrN2O2S/c1-3-8-15-9-5-10-19(17,18)16-13-7-4-6-12(14)11(13)2/h4,6-7,15-16H,3,5,8-10H2,1-2H3. The summed E-state index contributed by atoms with van der Waals surface area (Å²) in [4.78, 5) is 0. The van der Waals surface area contributed by atoms with E-state index in [2.05, 4.69) is 32.9 Å².